The molecule has 0 aliphatic carbocycles. The van der Waals surface area contributed by atoms with Gasteiger partial charge < -0.3 is 5.32 Å². The van der Waals surface area contributed by atoms with Gasteiger partial charge in [0.25, 0.3) is 5.91 Å². The van der Waals surface area contributed by atoms with Crippen LogP contribution >= 0.6 is 15.9 Å². The average Bonchev–Trinajstić information content (AvgIpc) is 2.25. The van der Waals surface area contributed by atoms with Gasteiger partial charge in [-0.3, -0.25) is 4.79 Å². The summed E-state index contributed by atoms with van der Waals surface area (Å²) in [6, 6.07) is 5.53. The fourth-order valence-electron chi connectivity index (χ4n) is 1.52. The standard InChI is InChI=1S/C12H17BrN2O/c1-4-9(8(2)3)15-12(16)10-6-5-7-11(13)14-10/h5-9H,4H2,1-3H3,(H,15,16). The second-order valence-corrected chi connectivity index (χ2v) is 4.89. The normalized spacial score (nSPS) is 12.6. The summed E-state index contributed by atoms with van der Waals surface area (Å²) in [6.45, 7) is 6.27. The van der Waals surface area contributed by atoms with Crippen molar-refractivity contribution in [1.82, 2.24) is 10.3 Å². The fraction of sp³-hybridized carbons (Fsp3) is 0.500. The Hall–Kier alpha value is -0.900. The summed E-state index contributed by atoms with van der Waals surface area (Å²) in [5.41, 5.74) is 0.452. The number of nitrogens with one attached hydrogen (secondary N) is 1. The minimum Gasteiger partial charge on any atom is -0.348 e. The SMILES string of the molecule is CCC(NC(=O)c1cccc(Br)n1)C(C)C. The van der Waals surface area contributed by atoms with Gasteiger partial charge in [-0.2, -0.15) is 0 Å². The number of nitrogens with zero attached hydrogens (tertiary/aromatic N) is 1. The molecule has 0 saturated heterocycles. The van der Waals surface area contributed by atoms with E-state index in [1.807, 2.05) is 6.07 Å². The van der Waals surface area contributed by atoms with E-state index in [0.717, 1.165) is 6.42 Å². The Kier molecular flexibility index (Phi) is 4.93. The largest absolute Gasteiger partial charge is 0.348 e. The van der Waals surface area contributed by atoms with Crippen LogP contribution in [0.5, 0.6) is 0 Å². The van der Waals surface area contributed by atoms with Crippen molar-refractivity contribution in [1.29, 1.82) is 0 Å². The zero-order valence-corrected chi connectivity index (χ0v) is 11.4. The third-order valence-corrected chi connectivity index (χ3v) is 2.95. The zero-order chi connectivity index (χ0) is 12.1. The van der Waals surface area contributed by atoms with Crippen LogP contribution in [0, 0.1) is 5.92 Å². The van der Waals surface area contributed by atoms with Crippen molar-refractivity contribution in [2.45, 2.75) is 33.2 Å². The van der Waals surface area contributed by atoms with Gasteiger partial charge in [-0.1, -0.05) is 26.8 Å². The molecular formula is C12H17BrN2O. The molecule has 0 saturated carbocycles. The molecule has 0 aliphatic heterocycles. The van der Waals surface area contributed by atoms with E-state index in [4.69, 9.17) is 0 Å². The first kappa shape index (κ1) is 13.2. The molecule has 1 aromatic heterocycles. The van der Waals surface area contributed by atoms with Crippen LogP contribution in [0.25, 0.3) is 0 Å². The molecule has 1 unspecified atom stereocenters. The maximum absolute atomic E-state index is 11.9. The summed E-state index contributed by atoms with van der Waals surface area (Å²) in [5, 5.41) is 2.99. The number of carbonyl (C=O) groups is 1. The smallest absolute Gasteiger partial charge is 0.270 e. The second-order valence-electron chi connectivity index (χ2n) is 4.08. The van der Waals surface area contributed by atoms with Crippen LogP contribution < -0.4 is 5.32 Å². The summed E-state index contributed by atoms with van der Waals surface area (Å²) >= 11 is 3.25. The molecule has 0 fully saturated rings. The first-order valence-electron chi connectivity index (χ1n) is 5.48. The van der Waals surface area contributed by atoms with E-state index >= 15 is 0 Å². The summed E-state index contributed by atoms with van der Waals surface area (Å²) in [5.74, 6) is 0.322. The first-order valence-corrected chi connectivity index (χ1v) is 6.27. The van der Waals surface area contributed by atoms with Crippen LogP contribution in [0.2, 0.25) is 0 Å². The lowest BCUT2D eigenvalue weighted by molar-refractivity contribution is 0.0919. The number of hydrogen-bond acceptors (Lipinski definition) is 2. The maximum Gasteiger partial charge on any atom is 0.270 e. The van der Waals surface area contributed by atoms with Crippen molar-refractivity contribution in [2.24, 2.45) is 5.92 Å². The van der Waals surface area contributed by atoms with Crippen molar-refractivity contribution in [3.63, 3.8) is 0 Å². The van der Waals surface area contributed by atoms with Gasteiger partial charge in [0.1, 0.15) is 10.3 Å². The van der Waals surface area contributed by atoms with Gasteiger partial charge in [-0.25, -0.2) is 4.98 Å². The van der Waals surface area contributed by atoms with E-state index in [2.05, 4.69) is 47.0 Å². The van der Waals surface area contributed by atoms with E-state index < -0.39 is 0 Å². The van der Waals surface area contributed by atoms with Crippen LogP contribution in [0.3, 0.4) is 0 Å². The van der Waals surface area contributed by atoms with Crippen LogP contribution in [0.4, 0.5) is 0 Å². The molecule has 0 aromatic carbocycles. The van der Waals surface area contributed by atoms with Gasteiger partial charge in [0.15, 0.2) is 0 Å². The Labute approximate surface area is 105 Å². The van der Waals surface area contributed by atoms with Gasteiger partial charge in [0, 0.05) is 6.04 Å². The highest BCUT2D eigenvalue weighted by Gasteiger charge is 2.15. The van der Waals surface area contributed by atoms with Gasteiger partial charge in [0.05, 0.1) is 0 Å². The summed E-state index contributed by atoms with van der Waals surface area (Å²) in [4.78, 5) is 16.0. The minimum absolute atomic E-state index is 0.109. The molecule has 1 N–H and O–H groups in total. The number of amides is 1. The average molecular weight is 285 g/mol. The number of carbonyl (C=O) groups excluding carboxylic acids is 1. The highest BCUT2D eigenvalue weighted by molar-refractivity contribution is 9.10. The van der Waals surface area contributed by atoms with Gasteiger partial charge >= 0.3 is 0 Å². The molecular weight excluding hydrogens is 268 g/mol. The van der Waals surface area contributed by atoms with Crippen molar-refractivity contribution in [3.05, 3.63) is 28.5 Å². The molecule has 0 spiro atoms. The van der Waals surface area contributed by atoms with Crippen LogP contribution in [0.1, 0.15) is 37.7 Å². The fourth-order valence-corrected chi connectivity index (χ4v) is 1.86. The monoisotopic (exact) mass is 284 g/mol. The van der Waals surface area contributed by atoms with E-state index in [1.54, 1.807) is 12.1 Å². The highest BCUT2D eigenvalue weighted by atomic mass is 79.9. The van der Waals surface area contributed by atoms with Gasteiger partial charge in [0.2, 0.25) is 0 Å². The molecule has 0 bridgehead atoms. The molecule has 1 heterocycles. The first-order chi connectivity index (χ1) is 7.54. The molecule has 3 nitrogen and oxygen atoms in total. The molecule has 1 aromatic rings. The van der Waals surface area contributed by atoms with E-state index in [-0.39, 0.29) is 11.9 Å². The molecule has 0 radical (unpaired) electrons. The molecule has 16 heavy (non-hydrogen) atoms. The lowest BCUT2D eigenvalue weighted by Gasteiger charge is -2.20. The Morgan fingerprint density at radius 1 is 1.50 bits per heavy atom. The van der Waals surface area contributed by atoms with E-state index in [0.29, 0.717) is 16.2 Å². The Balaban J connectivity index is 2.72. The molecule has 1 rings (SSSR count). The Morgan fingerprint density at radius 3 is 2.69 bits per heavy atom. The second kappa shape index (κ2) is 5.99. The number of halogens is 1. The quantitative estimate of drug-likeness (QED) is 0.864. The lowest BCUT2D eigenvalue weighted by Crippen LogP contribution is -2.38. The van der Waals surface area contributed by atoms with Crippen molar-refractivity contribution in [2.75, 3.05) is 0 Å². The maximum atomic E-state index is 11.9. The van der Waals surface area contributed by atoms with Crippen molar-refractivity contribution in [3.8, 4) is 0 Å². The highest BCUT2D eigenvalue weighted by Crippen LogP contribution is 2.09. The van der Waals surface area contributed by atoms with E-state index in [1.165, 1.54) is 0 Å². The summed E-state index contributed by atoms with van der Waals surface area (Å²) in [6.07, 6.45) is 0.928. The van der Waals surface area contributed by atoms with Crippen molar-refractivity contribution >= 4 is 21.8 Å². The zero-order valence-electron chi connectivity index (χ0n) is 9.83. The van der Waals surface area contributed by atoms with Crippen LogP contribution in [-0.2, 0) is 0 Å². The molecule has 4 heteroatoms. The summed E-state index contributed by atoms with van der Waals surface area (Å²) < 4.78 is 0.678. The Bertz CT molecular complexity index is 366. The van der Waals surface area contributed by atoms with Gasteiger partial charge in [-0.05, 0) is 40.4 Å². The van der Waals surface area contributed by atoms with Gasteiger partial charge in [-0.15, -0.1) is 0 Å². The predicted molar refractivity (Wildman–Crippen MR) is 68.3 cm³/mol. The molecule has 1 amide bonds. The number of rotatable bonds is 4. The minimum atomic E-state index is -0.109. The van der Waals surface area contributed by atoms with Crippen LogP contribution in [0.15, 0.2) is 22.8 Å². The predicted octanol–water partition coefficient (Wildman–Crippen LogP) is 3.01. The lowest BCUT2D eigenvalue weighted by atomic mass is 10.0. The topological polar surface area (TPSA) is 42.0 Å². The number of pyridine rings is 1. The Morgan fingerprint density at radius 2 is 2.19 bits per heavy atom. The third-order valence-electron chi connectivity index (χ3n) is 2.51. The molecule has 88 valence electrons. The molecule has 0 aliphatic rings. The van der Waals surface area contributed by atoms with Crippen LogP contribution in [-0.4, -0.2) is 16.9 Å². The number of hydrogen-bond donors (Lipinski definition) is 1. The third kappa shape index (κ3) is 3.59. The van der Waals surface area contributed by atoms with E-state index in [9.17, 15) is 4.79 Å². The summed E-state index contributed by atoms with van der Waals surface area (Å²) in [7, 11) is 0. The number of aromatic nitrogens is 1. The van der Waals surface area contributed by atoms with Crippen molar-refractivity contribution < 1.29 is 4.79 Å². The molecule has 1 atom stereocenters.